The molecule has 0 radical (unpaired) electrons. The molecule has 0 aliphatic rings. The van der Waals surface area contributed by atoms with Crippen molar-refractivity contribution in [2.45, 2.75) is 17.5 Å². The molecule has 0 heterocycles. The highest BCUT2D eigenvalue weighted by atomic mass is 32.5. The van der Waals surface area contributed by atoms with Crippen LogP contribution in [0.1, 0.15) is 16.8 Å². The number of benzene rings is 1. The zero-order valence-corrected chi connectivity index (χ0v) is 15.6. The Morgan fingerprint density at radius 3 is 2.11 bits per heavy atom. The number of amides is 1. The van der Waals surface area contributed by atoms with Gasteiger partial charge in [-0.3, -0.25) is 9.52 Å². The largest absolute Gasteiger partial charge is 0.412 e. The third kappa shape index (κ3) is 7.18. The highest BCUT2D eigenvalue weighted by Crippen LogP contribution is 3.02. The molecule has 0 unspecified atom stereocenters. The van der Waals surface area contributed by atoms with Crippen molar-refractivity contribution in [2.24, 2.45) is 0 Å². The van der Waals surface area contributed by atoms with Crippen LogP contribution in [-0.2, 0) is 10.0 Å². The molecule has 1 aromatic carbocycles. The van der Waals surface area contributed by atoms with Crippen molar-refractivity contribution in [1.82, 2.24) is 5.32 Å². The molecule has 0 saturated carbocycles. The molecular weight excluding hydrogens is 448 g/mol. The number of carbonyl (C=O) groups excluding carboxylic acids is 1. The van der Waals surface area contributed by atoms with Crippen molar-refractivity contribution >= 4 is 31.8 Å². The van der Waals surface area contributed by atoms with Crippen molar-refractivity contribution in [1.29, 1.82) is 0 Å². The zero-order valence-electron chi connectivity index (χ0n) is 13.9. The molecule has 0 spiro atoms. The summed E-state index contributed by atoms with van der Waals surface area (Å²) in [4.78, 5) is 9.54. The van der Waals surface area contributed by atoms with Crippen molar-refractivity contribution in [3.63, 3.8) is 0 Å². The Balaban J connectivity index is 3.21. The van der Waals surface area contributed by atoms with Crippen molar-refractivity contribution < 1.29 is 45.8 Å². The summed E-state index contributed by atoms with van der Waals surface area (Å²) >= 11 is 0. The van der Waals surface area contributed by atoms with Gasteiger partial charge in [0.2, 0.25) is 10.0 Å². The van der Waals surface area contributed by atoms with E-state index in [1.54, 1.807) is 0 Å². The maximum atomic E-state index is 12.9. The molecule has 0 saturated heterocycles. The third-order valence-corrected chi connectivity index (χ3v) is 4.83. The molecule has 1 aromatic rings. The summed E-state index contributed by atoms with van der Waals surface area (Å²) in [6.45, 7) is 2.10. The molecule has 0 atom stereocenters. The van der Waals surface area contributed by atoms with Crippen molar-refractivity contribution in [2.75, 3.05) is 17.5 Å². The monoisotopic (exact) mass is 462 g/mol. The predicted molar refractivity (Wildman–Crippen MR) is 88.5 cm³/mol. The molecule has 0 bridgehead atoms. The van der Waals surface area contributed by atoms with E-state index < -0.39 is 67.0 Å². The Kier molecular flexibility index (Phi) is 5.58. The average Bonchev–Trinajstić information content (AvgIpc) is 2.41. The number of nitrogens with one attached hydrogen (secondary N) is 2. The fraction of sp³-hybridized carbons (Fsp3) is 0.308. The van der Waals surface area contributed by atoms with E-state index >= 15 is 0 Å². The SMILES string of the molecule is C=C(CCNC(=O)c1ccc(S(F)(F)(F)(F)F)cc1NS(C)(=O)=O)C(F)(F)F. The number of alkyl halides is 3. The van der Waals surface area contributed by atoms with Gasteiger partial charge in [0.15, 0.2) is 0 Å². The van der Waals surface area contributed by atoms with Crippen LogP contribution >= 0.6 is 10.2 Å². The second kappa shape index (κ2) is 6.50. The molecule has 0 aliphatic carbocycles. The maximum absolute atomic E-state index is 12.9. The number of anilines is 1. The second-order valence-corrected chi connectivity index (χ2v) is 9.82. The Hall–Kier alpha value is -2.03. The van der Waals surface area contributed by atoms with E-state index in [1.165, 1.54) is 4.72 Å². The van der Waals surface area contributed by atoms with Gasteiger partial charge < -0.3 is 5.32 Å². The molecule has 1 amide bonds. The summed E-state index contributed by atoms with van der Waals surface area (Å²) in [6, 6.07) is -0.0978. The van der Waals surface area contributed by atoms with Crippen LogP contribution in [0.3, 0.4) is 0 Å². The lowest BCUT2D eigenvalue weighted by atomic mass is 10.1. The van der Waals surface area contributed by atoms with Gasteiger partial charge in [-0.1, -0.05) is 26.0 Å². The lowest BCUT2D eigenvalue weighted by molar-refractivity contribution is -0.0934. The lowest BCUT2D eigenvalue weighted by Crippen LogP contribution is -2.27. The van der Waals surface area contributed by atoms with Crippen LogP contribution in [0.15, 0.2) is 35.2 Å². The number of sulfonamides is 1. The summed E-state index contributed by atoms with van der Waals surface area (Å²) in [5.74, 6) is -1.28. The number of carbonyl (C=O) groups is 1. The van der Waals surface area contributed by atoms with E-state index in [0.717, 1.165) is 0 Å². The topological polar surface area (TPSA) is 75.3 Å². The van der Waals surface area contributed by atoms with Crippen LogP contribution in [0, 0.1) is 0 Å². The molecule has 5 nitrogen and oxygen atoms in total. The molecule has 0 aromatic heterocycles. The molecule has 0 fully saturated rings. The Bertz CT molecular complexity index is 909. The minimum Gasteiger partial charge on any atom is -0.352 e. The van der Waals surface area contributed by atoms with Crippen LogP contribution in [-0.4, -0.2) is 33.3 Å². The summed E-state index contributed by atoms with van der Waals surface area (Å²) in [6.07, 6.45) is -4.99. The van der Waals surface area contributed by atoms with E-state index in [1.807, 2.05) is 5.32 Å². The zero-order chi connectivity index (χ0) is 22.2. The molecule has 2 N–H and O–H groups in total. The van der Waals surface area contributed by atoms with Crippen LogP contribution in [0.2, 0.25) is 0 Å². The Morgan fingerprint density at radius 1 is 1.14 bits per heavy atom. The molecule has 15 heteroatoms. The smallest absolute Gasteiger partial charge is 0.352 e. The van der Waals surface area contributed by atoms with E-state index in [4.69, 9.17) is 0 Å². The fourth-order valence-electron chi connectivity index (χ4n) is 1.81. The molecule has 28 heavy (non-hydrogen) atoms. The predicted octanol–water partition coefficient (Wildman–Crippen LogP) is 4.95. The van der Waals surface area contributed by atoms with Gasteiger partial charge in [-0.15, -0.1) is 0 Å². The van der Waals surface area contributed by atoms with Gasteiger partial charge in [0, 0.05) is 12.1 Å². The summed E-state index contributed by atoms with van der Waals surface area (Å²) in [5, 5.41) is 1.91. The normalized spacial score (nSPS) is 15.3. The number of hydrogen-bond acceptors (Lipinski definition) is 3. The standard InChI is InChI=1S/C13H14F8N2O3S2/c1-8(13(14,15)16)5-6-22-12(24)10-4-3-9(28(17,18,19,20)21)7-11(10)23-27(2,25)26/h3-4,7,23H,1,5-6H2,2H3,(H,22,24). The summed E-state index contributed by atoms with van der Waals surface area (Å²) in [5.41, 5.74) is -3.10. The first kappa shape index (κ1) is 24.0. The number of hydrogen-bond donors (Lipinski definition) is 2. The number of halogens is 8. The molecule has 0 aliphatic heterocycles. The van der Waals surface area contributed by atoms with Crippen LogP contribution in [0.4, 0.5) is 38.3 Å². The van der Waals surface area contributed by atoms with E-state index in [-0.39, 0.29) is 18.2 Å². The van der Waals surface area contributed by atoms with Gasteiger partial charge in [-0.05, 0) is 24.6 Å². The van der Waals surface area contributed by atoms with Crippen LogP contribution in [0.25, 0.3) is 0 Å². The molecule has 162 valence electrons. The van der Waals surface area contributed by atoms with Gasteiger partial charge in [0.25, 0.3) is 5.91 Å². The van der Waals surface area contributed by atoms with Crippen LogP contribution in [0.5, 0.6) is 0 Å². The van der Waals surface area contributed by atoms with E-state index in [9.17, 15) is 45.8 Å². The van der Waals surface area contributed by atoms with E-state index in [0.29, 0.717) is 6.26 Å². The van der Waals surface area contributed by atoms with Crippen LogP contribution < -0.4 is 10.0 Å². The Labute approximate surface area is 154 Å². The van der Waals surface area contributed by atoms with Gasteiger partial charge >= 0.3 is 16.4 Å². The van der Waals surface area contributed by atoms with Gasteiger partial charge in [0.05, 0.1) is 17.5 Å². The van der Waals surface area contributed by atoms with Gasteiger partial charge in [0.1, 0.15) is 4.90 Å². The highest BCUT2D eigenvalue weighted by molar-refractivity contribution is 8.45. The maximum Gasteiger partial charge on any atom is 0.412 e. The quantitative estimate of drug-likeness (QED) is 0.445. The average molecular weight is 462 g/mol. The Morgan fingerprint density at radius 2 is 1.68 bits per heavy atom. The highest BCUT2D eigenvalue weighted by Gasteiger charge is 2.65. The van der Waals surface area contributed by atoms with Gasteiger partial charge in [-0.2, -0.15) is 13.2 Å². The summed E-state index contributed by atoms with van der Waals surface area (Å²) < 4.78 is 125. The molecule has 1 rings (SSSR count). The number of rotatable bonds is 7. The van der Waals surface area contributed by atoms with Crippen molar-refractivity contribution in [3.8, 4) is 0 Å². The fourth-order valence-corrected chi connectivity index (χ4v) is 3.04. The summed E-state index contributed by atoms with van der Waals surface area (Å²) in [7, 11) is -14.5. The minimum absolute atomic E-state index is 0.126. The van der Waals surface area contributed by atoms with Gasteiger partial charge in [-0.25, -0.2) is 8.42 Å². The van der Waals surface area contributed by atoms with E-state index in [2.05, 4.69) is 6.58 Å². The first-order valence-electron chi connectivity index (χ1n) is 6.99. The molecular formula is C13H14F8N2O3S2. The van der Waals surface area contributed by atoms with Crippen molar-refractivity contribution in [3.05, 3.63) is 35.9 Å². The first-order chi connectivity index (χ1) is 12.1. The first-order valence-corrected chi connectivity index (χ1v) is 10.8. The second-order valence-electron chi connectivity index (χ2n) is 5.66. The minimum atomic E-state index is -10.2. The third-order valence-electron chi connectivity index (χ3n) is 3.09. The lowest BCUT2D eigenvalue weighted by Gasteiger charge is -2.40.